The molecule has 2 rings (SSSR count). The second-order valence-corrected chi connectivity index (χ2v) is 5.94. The topological polar surface area (TPSA) is 52.3 Å². The van der Waals surface area contributed by atoms with Crippen molar-refractivity contribution in [2.45, 2.75) is 19.4 Å². The normalized spacial score (nSPS) is 12.2. The fraction of sp³-hybridized carbons (Fsp3) is 0.267. The monoisotopic (exact) mass is 309 g/mol. The predicted molar refractivity (Wildman–Crippen MR) is 83.1 cm³/mol. The van der Waals surface area contributed by atoms with E-state index in [4.69, 9.17) is 22.1 Å². The summed E-state index contributed by atoms with van der Waals surface area (Å²) in [6.07, 6.45) is 0.490. The van der Waals surface area contributed by atoms with Crippen molar-refractivity contribution in [3.8, 4) is 10.4 Å². The van der Waals surface area contributed by atoms with Gasteiger partial charge in [-0.05, 0) is 36.8 Å². The van der Waals surface area contributed by atoms with Crippen molar-refractivity contribution in [2.24, 2.45) is 5.73 Å². The van der Waals surface area contributed by atoms with Crippen molar-refractivity contribution in [1.82, 2.24) is 0 Å². The molecule has 0 aliphatic rings. The first-order valence-corrected chi connectivity index (χ1v) is 7.56. The van der Waals surface area contributed by atoms with Gasteiger partial charge in [0.25, 0.3) is 0 Å². The zero-order chi connectivity index (χ0) is 14.5. The molecule has 106 valence electrons. The van der Waals surface area contributed by atoms with Crippen molar-refractivity contribution >= 4 is 28.9 Å². The standard InChI is InChI=1S/C15H16ClNO2S/c1-2-19-15(18)13(17)9-12-6-7-14(20-12)10-4-3-5-11(16)8-10/h3-8,13H,2,9,17H2,1H3. The Balaban J connectivity index is 2.08. The summed E-state index contributed by atoms with van der Waals surface area (Å²) in [6.45, 7) is 2.12. The van der Waals surface area contributed by atoms with Crippen LogP contribution in [0.4, 0.5) is 0 Å². The molecule has 2 N–H and O–H groups in total. The molecule has 3 nitrogen and oxygen atoms in total. The van der Waals surface area contributed by atoms with E-state index >= 15 is 0 Å². The number of benzene rings is 1. The highest BCUT2D eigenvalue weighted by molar-refractivity contribution is 7.15. The molecule has 0 amide bonds. The highest BCUT2D eigenvalue weighted by Crippen LogP contribution is 2.30. The fourth-order valence-corrected chi connectivity index (χ4v) is 3.09. The number of hydrogen-bond acceptors (Lipinski definition) is 4. The highest BCUT2D eigenvalue weighted by Gasteiger charge is 2.16. The lowest BCUT2D eigenvalue weighted by Crippen LogP contribution is -2.34. The van der Waals surface area contributed by atoms with E-state index < -0.39 is 6.04 Å². The zero-order valence-corrected chi connectivity index (χ0v) is 12.7. The molecule has 0 fully saturated rings. The van der Waals surface area contributed by atoms with E-state index in [1.165, 1.54) is 0 Å². The van der Waals surface area contributed by atoms with Gasteiger partial charge in [0.1, 0.15) is 6.04 Å². The van der Waals surface area contributed by atoms with Crippen molar-refractivity contribution in [3.63, 3.8) is 0 Å². The van der Waals surface area contributed by atoms with Crippen LogP contribution >= 0.6 is 22.9 Å². The largest absolute Gasteiger partial charge is 0.465 e. The molecule has 0 aliphatic carbocycles. The summed E-state index contributed by atoms with van der Waals surface area (Å²) in [5, 5.41) is 0.709. The van der Waals surface area contributed by atoms with Gasteiger partial charge in [0, 0.05) is 21.2 Å². The summed E-state index contributed by atoms with van der Waals surface area (Å²) in [6, 6.07) is 11.1. The average molecular weight is 310 g/mol. The summed E-state index contributed by atoms with van der Waals surface area (Å²) >= 11 is 7.60. The highest BCUT2D eigenvalue weighted by atomic mass is 35.5. The number of halogens is 1. The van der Waals surface area contributed by atoms with Gasteiger partial charge >= 0.3 is 5.97 Å². The number of thiophene rings is 1. The summed E-state index contributed by atoms with van der Waals surface area (Å²) in [5.74, 6) is -0.356. The average Bonchev–Trinajstić information content (AvgIpc) is 2.87. The number of carbonyl (C=O) groups is 1. The second kappa shape index (κ2) is 6.88. The molecule has 5 heteroatoms. The van der Waals surface area contributed by atoms with E-state index in [1.54, 1.807) is 18.3 Å². The molecule has 1 heterocycles. The number of carbonyl (C=O) groups excluding carboxylic acids is 1. The van der Waals surface area contributed by atoms with Gasteiger partial charge in [-0.3, -0.25) is 4.79 Å². The van der Waals surface area contributed by atoms with E-state index in [1.807, 2.05) is 36.4 Å². The smallest absolute Gasteiger partial charge is 0.323 e. The summed E-state index contributed by atoms with van der Waals surface area (Å²) in [7, 11) is 0. The number of hydrogen-bond donors (Lipinski definition) is 1. The lowest BCUT2D eigenvalue weighted by atomic mass is 10.2. The molecular weight excluding hydrogens is 294 g/mol. The third-order valence-corrected chi connectivity index (χ3v) is 4.17. The van der Waals surface area contributed by atoms with Gasteiger partial charge in [-0.25, -0.2) is 0 Å². The molecule has 1 atom stereocenters. The molecule has 0 radical (unpaired) electrons. The minimum absolute atomic E-state index is 0.352. The van der Waals surface area contributed by atoms with Crippen molar-refractivity contribution in [2.75, 3.05) is 6.61 Å². The van der Waals surface area contributed by atoms with Gasteiger partial charge < -0.3 is 10.5 Å². The van der Waals surface area contributed by atoms with Gasteiger partial charge in [0.05, 0.1) is 6.61 Å². The van der Waals surface area contributed by atoms with Crippen molar-refractivity contribution < 1.29 is 9.53 Å². The Morgan fingerprint density at radius 3 is 2.90 bits per heavy atom. The van der Waals surface area contributed by atoms with Crippen LogP contribution in [0.15, 0.2) is 36.4 Å². The molecule has 0 aliphatic heterocycles. The number of esters is 1. The van der Waals surface area contributed by atoms with Crippen LogP contribution in [0.1, 0.15) is 11.8 Å². The van der Waals surface area contributed by atoms with Crippen LogP contribution in [0, 0.1) is 0 Å². The Bertz CT molecular complexity index is 597. The fourth-order valence-electron chi connectivity index (χ4n) is 1.83. The number of rotatable bonds is 5. The molecule has 1 aromatic carbocycles. The Kier molecular flexibility index (Phi) is 5.17. The third kappa shape index (κ3) is 3.82. The van der Waals surface area contributed by atoms with Crippen LogP contribution in [0.5, 0.6) is 0 Å². The van der Waals surface area contributed by atoms with Crippen molar-refractivity contribution in [3.05, 3.63) is 46.3 Å². The van der Waals surface area contributed by atoms with E-state index in [0.29, 0.717) is 18.1 Å². The van der Waals surface area contributed by atoms with Crippen molar-refractivity contribution in [1.29, 1.82) is 0 Å². The third-order valence-electron chi connectivity index (χ3n) is 2.78. The maximum atomic E-state index is 11.5. The van der Waals surface area contributed by atoms with Gasteiger partial charge in [-0.1, -0.05) is 23.7 Å². The first kappa shape index (κ1) is 15.0. The SMILES string of the molecule is CCOC(=O)C(N)Cc1ccc(-c2cccc(Cl)c2)s1. The molecule has 0 spiro atoms. The summed E-state index contributed by atoms with van der Waals surface area (Å²) < 4.78 is 4.91. The zero-order valence-electron chi connectivity index (χ0n) is 11.1. The molecule has 1 unspecified atom stereocenters. The first-order valence-electron chi connectivity index (χ1n) is 6.37. The number of ether oxygens (including phenoxy) is 1. The van der Waals surface area contributed by atoms with E-state index in [-0.39, 0.29) is 5.97 Å². The lowest BCUT2D eigenvalue weighted by molar-refractivity contribution is -0.144. The molecule has 2 aromatic rings. The van der Waals surface area contributed by atoms with Gasteiger partial charge in [-0.2, -0.15) is 0 Å². The predicted octanol–water partition coefficient (Wildman–Crippen LogP) is 3.50. The van der Waals surface area contributed by atoms with Crippen LogP contribution in [0.2, 0.25) is 5.02 Å². The minimum Gasteiger partial charge on any atom is -0.465 e. The lowest BCUT2D eigenvalue weighted by Gasteiger charge is -2.08. The Morgan fingerprint density at radius 2 is 2.20 bits per heavy atom. The number of nitrogens with two attached hydrogens (primary N) is 1. The van der Waals surface area contributed by atoms with Crippen LogP contribution < -0.4 is 5.73 Å². The molecule has 0 saturated carbocycles. The van der Waals surface area contributed by atoms with E-state index in [2.05, 4.69) is 0 Å². The van der Waals surface area contributed by atoms with Gasteiger partial charge in [0.2, 0.25) is 0 Å². The summed E-state index contributed by atoms with van der Waals surface area (Å²) in [5.41, 5.74) is 6.89. The van der Waals surface area contributed by atoms with Crippen LogP contribution in [0.25, 0.3) is 10.4 Å². The molecule has 1 aromatic heterocycles. The van der Waals surface area contributed by atoms with Crippen LogP contribution in [-0.2, 0) is 16.0 Å². The van der Waals surface area contributed by atoms with Gasteiger partial charge in [0.15, 0.2) is 0 Å². The van der Waals surface area contributed by atoms with Crippen LogP contribution in [-0.4, -0.2) is 18.6 Å². The Labute approximate surface area is 127 Å². The Morgan fingerprint density at radius 1 is 1.40 bits per heavy atom. The maximum absolute atomic E-state index is 11.5. The quantitative estimate of drug-likeness (QED) is 0.860. The summed E-state index contributed by atoms with van der Waals surface area (Å²) in [4.78, 5) is 13.7. The van der Waals surface area contributed by atoms with Crippen LogP contribution in [0.3, 0.4) is 0 Å². The molecule has 0 bridgehead atoms. The second-order valence-electron chi connectivity index (χ2n) is 4.34. The molecular formula is C15H16ClNO2S. The molecule has 20 heavy (non-hydrogen) atoms. The first-order chi connectivity index (χ1) is 9.60. The Hall–Kier alpha value is -1.36. The van der Waals surface area contributed by atoms with E-state index in [9.17, 15) is 4.79 Å². The van der Waals surface area contributed by atoms with E-state index in [0.717, 1.165) is 15.3 Å². The maximum Gasteiger partial charge on any atom is 0.323 e. The molecule has 0 saturated heterocycles. The minimum atomic E-state index is -0.610. The van der Waals surface area contributed by atoms with Gasteiger partial charge in [-0.15, -0.1) is 11.3 Å².